The van der Waals surface area contributed by atoms with Crippen LogP contribution in [-0.4, -0.2) is 42.9 Å². The lowest BCUT2D eigenvalue weighted by molar-refractivity contribution is 0.205. The largest absolute Gasteiger partial charge is 0.383 e. The Morgan fingerprint density at radius 3 is 2.93 bits per heavy atom. The second-order valence-electron chi connectivity index (χ2n) is 3.28. The van der Waals surface area contributed by atoms with E-state index in [1.54, 1.807) is 7.11 Å². The van der Waals surface area contributed by atoms with Gasteiger partial charge in [-0.2, -0.15) is 0 Å². The van der Waals surface area contributed by atoms with Crippen LogP contribution >= 0.6 is 0 Å². The number of hydrogen-bond acceptors (Lipinski definition) is 4. The molecule has 5 heteroatoms. The maximum Gasteiger partial charge on any atom is 0.205 e. The van der Waals surface area contributed by atoms with Gasteiger partial charge in [0.15, 0.2) is 0 Å². The summed E-state index contributed by atoms with van der Waals surface area (Å²) >= 11 is 0. The maximum absolute atomic E-state index is 5.58. The maximum atomic E-state index is 5.58. The summed E-state index contributed by atoms with van der Waals surface area (Å²) in [4.78, 5) is 6.48. The molecule has 1 rings (SSSR count). The van der Waals surface area contributed by atoms with Gasteiger partial charge in [-0.05, 0) is 6.92 Å². The zero-order valence-electron chi connectivity index (χ0n) is 9.52. The smallest absolute Gasteiger partial charge is 0.205 e. The van der Waals surface area contributed by atoms with Crippen molar-refractivity contribution in [1.29, 1.82) is 0 Å². The molecular weight excluding hydrogens is 192 g/mol. The van der Waals surface area contributed by atoms with Crippen LogP contribution in [0.25, 0.3) is 0 Å². The summed E-state index contributed by atoms with van der Waals surface area (Å²) in [6.07, 6.45) is 3.79. The summed E-state index contributed by atoms with van der Waals surface area (Å²) < 4.78 is 7.17. The summed E-state index contributed by atoms with van der Waals surface area (Å²) in [5, 5.41) is 0. The molecule has 0 aliphatic rings. The number of imidazole rings is 1. The SMILES string of the molecule is CCn1ccnc1N(CCN)CCOC. The van der Waals surface area contributed by atoms with Crippen molar-refractivity contribution in [1.82, 2.24) is 9.55 Å². The molecule has 0 spiro atoms. The highest BCUT2D eigenvalue weighted by Crippen LogP contribution is 2.10. The number of methoxy groups -OCH3 is 1. The molecule has 0 fully saturated rings. The molecule has 5 nitrogen and oxygen atoms in total. The summed E-state index contributed by atoms with van der Waals surface area (Å²) in [5.41, 5.74) is 5.58. The number of hydrogen-bond donors (Lipinski definition) is 1. The van der Waals surface area contributed by atoms with E-state index in [9.17, 15) is 0 Å². The highest BCUT2D eigenvalue weighted by atomic mass is 16.5. The predicted octanol–water partition coefficient (Wildman–Crippen LogP) is 0.314. The number of aryl methyl sites for hydroxylation is 1. The van der Waals surface area contributed by atoms with Crippen molar-refractivity contribution >= 4 is 5.95 Å². The third-order valence-electron chi connectivity index (χ3n) is 2.28. The van der Waals surface area contributed by atoms with Gasteiger partial charge < -0.3 is 19.9 Å². The number of aromatic nitrogens is 2. The standard InChI is InChI=1S/C10H20N4O/c1-3-13-7-5-12-10(13)14(6-4-11)8-9-15-2/h5,7H,3-4,6,8-9,11H2,1-2H3. The quantitative estimate of drug-likeness (QED) is 0.707. The first-order chi connectivity index (χ1) is 7.33. The Morgan fingerprint density at radius 1 is 1.53 bits per heavy atom. The van der Waals surface area contributed by atoms with E-state index in [2.05, 4.69) is 21.4 Å². The second-order valence-corrected chi connectivity index (χ2v) is 3.28. The van der Waals surface area contributed by atoms with Gasteiger partial charge in [0.2, 0.25) is 5.95 Å². The molecule has 2 N–H and O–H groups in total. The third-order valence-corrected chi connectivity index (χ3v) is 2.28. The van der Waals surface area contributed by atoms with Gasteiger partial charge in [-0.1, -0.05) is 0 Å². The summed E-state index contributed by atoms with van der Waals surface area (Å²) in [7, 11) is 1.70. The molecule has 86 valence electrons. The van der Waals surface area contributed by atoms with Crippen LogP contribution in [0.5, 0.6) is 0 Å². The monoisotopic (exact) mass is 212 g/mol. The molecule has 0 saturated heterocycles. The number of nitrogens with zero attached hydrogens (tertiary/aromatic N) is 3. The van der Waals surface area contributed by atoms with Gasteiger partial charge in [-0.3, -0.25) is 0 Å². The van der Waals surface area contributed by atoms with E-state index in [0.717, 1.165) is 25.6 Å². The fourth-order valence-corrected chi connectivity index (χ4v) is 1.50. The molecule has 0 saturated carbocycles. The number of anilines is 1. The number of nitrogens with two attached hydrogens (primary N) is 1. The molecular formula is C10H20N4O. The summed E-state index contributed by atoms with van der Waals surface area (Å²) in [6.45, 7) is 5.97. The van der Waals surface area contributed by atoms with Crippen molar-refractivity contribution in [2.24, 2.45) is 5.73 Å². The van der Waals surface area contributed by atoms with Crippen LogP contribution in [0.1, 0.15) is 6.92 Å². The first-order valence-electron chi connectivity index (χ1n) is 5.28. The normalized spacial score (nSPS) is 10.6. The van der Waals surface area contributed by atoms with Crippen LogP contribution in [0.4, 0.5) is 5.95 Å². The molecule has 0 aliphatic carbocycles. The minimum absolute atomic E-state index is 0.625. The van der Waals surface area contributed by atoms with Crippen LogP contribution in [0.2, 0.25) is 0 Å². The summed E-state index contributed by atoms with van der Waals surface area (Å²) in [5.74, 6) is 0.972. The summed E-state index contributed by atoms with van der Waals surface area (Å²) in [6, 6.07) is 0. The average Bonchev–Trinajstić information content (AvgIpc) is 2.72. The highest BCUT2D eigenvalue weighted by molar-refractivity contribution is 5.31. The molecule has 1 aromatic rings. The van der Waals surface area contributed by atoms with Crippen LogP contribution in [0, 0.1) is 0 Å². The van der Waals surface area contributed by atoms with Crippen LogP contribution in [-0.2, 0) is 11.3 Å². The molecule has 0 bridgehead atoms. The lowest BCUT2D eigenvalue weighted by Crippen LogP contribution is -2.34. The lowest BCUT2D eigenvalue weighted by Gasteiger charge is -2.23. The lowest BCUT2D eigenvalue weighted by atomic mass is 10.5. The van der Waals surface area contributed by atoms with E-state index in [-0.39, 0.29) is 0 Å². The Balaban J connectivity index is 2.69. The Labute approximate surface area is 90.8 Å². The Kier molecular flexibility index (Phi) is 5.14. The molecule has 0 unspecified atom stereocenters. The van der Waals surface area contributed by atoms with Gasteiger partial charge in [0, 0.05) is 45.7 Å². The molecule has 0 aromatic carbocycles. The molecule has 0 atom stereocenters. The second kappa shape index (κ2) is 6.42. The van der Waals surface area contributed by atoms with Crippen molar-refractivity contribution in [3.05, 3.63) is 12.4 Å². The topological polar surface area (TPSA) is 56.3 Å². The molecule has 0 radical (unpaired) electrons. The van der Waals surface area contributed by atoms with E-state index in [0.29, 0.717) is 13.2 Å². The molecule has 1 heterocycles. The van der Waals surface area contributed by atoms with E-state index in [1.807, 2.05) is 12.4 Å². The molecule has 1 aromatic heterocycles. The Hall–Kier alpha value is -1.07. The van der Waals surface area contributed by atoms with Gasteiger partial charge >= 0.3 is 0 Å². The van der Waals surface area contributed by atoms with Gasteiger partial charge in [0.25, 0.3) is 0 Å². The first kappa shape index (κ1) is 12.0. The van der Waals surface area contributed by atoms with E-state index in [1.165, 1.54) is 0 Å². The fraction of sp³-hybridized carbons (Fsp3) is 0.700. The van der Waals surface area contributed by atoms with Crippen molar-refractivity contribution in [2.45, 2.75) is 13.5 Å². The molecule has 0 aliphatic heterocycles. The zero-order valence-corrected chi connectivity index (χ0v) is 9.52. The van der Waals surface area contributed by atoms with Gasteiger partial charge in [-0.25, -0.2) is 4.98 Å². The minimum Gasteiger partial charge on any atom is -0.383 e. The third kappa shape index (κ3) is 3.21. The first-order valence-corrected chi connectivity index (χ1v) is 5.28. The Morgan fingerprint density at radius 2 is 2.33 bits per heavy atom. The minimum atomic E-state index is 0.625. The number of ether oxygens (including phenoxy) is 1. The van der Waals surface area contributed by atoms with E-state index >= 15 is 0 Å². The predicted molar refractivity (Wildman–Crippen MR) is 61.0 cm³/mol. The van der Waals surface area contributed by atoms with Gasteiger partial charge in [0.05, 0.1) is 6.61 Å². The van der Waals surface area contributed by atoms with Crippen molar-refractivity contribution < 1.29 is 4.74 Å². The van der Waals surface area contributed by atoms with Crippen LogP contribution < -0.4 is 10.6 Å². The van der Waals surface area contributed by atoms with E-state index < -0.39 is 0 Å². The van der Waals surface area contributed by atoms with Crippen molar-refractivity contribution in [3.63, 3.8) is 0 Å². The molecule has 15 heavy (non-hydrogen) atoms. The van der Waals surface area contributed by atoms with E-state index in [4.69, 9.17) is 10.5 Å². The van der Waals surface area contributed by atoms with Crippen LogP contribution in [0.3, 0.4) is 0 Å². The highest BCUT2D eigenvalue weighted by Gasteiger charge is 2.10. The van der Waals surface area contributed by atoms with Crippen LogP contribution in [0.15, 0.2) is 12.4 Å². The van der Waals surface area contributed by atoms with Crippen molar-refractivity contribution in [2.75, 3.05) is 38.3 Å². The average molecular weight is 212 g/mol. The number of rotatable bonds is 7. The zero-order chi connectivity index (χ0) is 11.1. The fourth-order valence-electron chi connectivity index (χ4n) is 1.50. The van der Waals surface area contributed by atoms with Crippen molar-refractivity contribution in [3.8, 4) is 0 Å². The molecule has 0 amide bonds. The van der Waals surface area contributed by atoms with Gasteiger partial charge in [-0.15, -0.1) is 0 Å². The van der Waals surface area contributed by atoms with Gasteiger partial charge in [0.1, 0.15) is 0 Å². The Bertz CT molecular complexity index is 274.